The van der Waals surface area contributed by atoms with E-state index < -0.39 is 0 Å². The SMILES string of the molecule is CO[C@H]1CN(C(=O)CN2CCCCCC2=O)C[C@@]12CCCO2. The van der Waals surface area contributed by atoms with Gasteiger partial charge in [0.1, 0.15) is 11.7 Å². The highest BCUT2D eigenvalue weighted by Gasteiger charge is 2.51. The van der Waals surface area contributed by atoms with Gasteiger partial charge in [-0.1, -0.05) is 6.42 Å². The zero-order valence-electron chi connectivity index (χ0n) is 13.4. The molecule has 3 saturated heterocycles. The van der Waals surface area contributed by atoms with Crippen molar-refractivity contribution < 1.29 is 19.1 Å². The van der Waals surface area contributed by atoms with Gasteiger partial charge >= 0.3 is 0 Å². The molecule has 3 rings (SSSR count). The van der Waals surface area contributed by atoms with Crippen molar-refractivity contribution >= 4 is 11.8 Å². The molecule has 0 aliphatic carbocycles. The maximum atomic E-state index is 12.6. The van der Waals surface area contributed by atoms with E-state index in [4.69, 9.17) is 9.47 Å². The summed E-state index contributed by atoms with van der Waals surface area (Å²) in [4.78, 5) is 28.2. The van der Waals surface area contributed by atoms with E-state index in [9.17, 15) is 9.59 Å². The Morgan fingerprint density at radius 3 is 2.95 bits per heavy atom. The van der Waals surface area contributed by atoms with Gasteiger partial charge in [0.2, 0.25) is 11.8 Å². The lowest BCUT2D eigenvalue weighted by molar-refractivity contribution is -0.140. The van der Waals surface area contributed by atoms with Crippen LogP contribution in [0.1, 0.15) is 38.5 Å². The van der Waals surface area contributed by atoms with Gasteiger partial charge in [-0.15, -0.1) is 0 Å². The van der Waals surface area contributed by atoms with E-state index in [1.807, 2.05) is 4.90 Å². The molecule has 0 saturated carbocycles. The van der Waals surface area contributed by atoms with E-state index in [-0.39, 0.29) is 30.1 Å². The molecule has 0 aromatic carbocycles. The zero-order valence-corrected chi connectivity index (χ0v) is 13.4. The Morgan fingerprint density at radius 2 is 2.23 bits per heavy atom. The van der Waals surface area contributed by atoms with Crippen LogP contribution < -0.4 is 0 Å². The summed E-state index contributed by atoms with van der Waals surface area (Å²) in [6.45, 7) is 2.80. The fourth-order valence-corrected chi connectivity index (χ4v) is 3.90. The van der Waals surface area contributed by atoms with Crippen molar-refractivity contribution in [2.75, 3.05) is 39.9 Å². The Morgan fingerprint density at radius 1 is 1.36 bits per heavy atom. The van der Waals surface area contributed by atoms with Crippen molar-refractivity contribution in [3.63, 3.8) is 0 Å². The van der Waals surface area contributed by atoms with Gasteiger partial charge in [0.25, 0.3) is 0 Å². The van der Waals surface area contributed by atoms with Crippen molar-refractivity contribution in [3.8, 4) is 0 Å². The quantitative estimate of drug-likeness (QED) is 0.773. The fraction of sp³-hybridized carbons (Fsp3) is 0.875. The van der Waals surface area contributed by atoms with Crippen LogP contribution in [0, 0.1) is 0 Å². The molecule has 0 aromatic heterocycles. The van der Waals surface area contributed by atoms with Gasteiger partial charge in [0.15, 0.2) is 0 Å². The molecule has 0 radical (unpaired) electrons. The number of carbonyl (C=O) groups is 2. The highest BCUT2D eigenvalue weighted by molar-refractivity contribution is 5.85. The first-order chi connectivity index (χ1) is 10.6. The Hall–Kier alpha value is -1.14. The first-order valence-corrected chi connectivity index (χ1v) is 8.37. The average Bonchev–Trinajstić information content (AvgIpc) is 3.08. The van der Waals surface area contributed by atoms with Crippen molar-refractivity contribution in [1.82, 2.24) is 9.80 Å². The van der Waals surface area contributed by atoms with Crippen molar-refractivity contribution in [3.05, 3.63) is 0 Å². The molecule has 0 N–H and O–H groups in total. The van der Waals surface area contributed by atoms with E-state index in [0.29, 0.717) is 26.1 Å². The lowest BCUT2D eigenvalue weighted by Crippen LogP contribution is -2.44. The Bertz CT molecular complexity index is 434. The monoisotopic (exact) mass is 310 g/mol. The predicted molar refractivity (Wildman–Crippen MR) is 80.3 cm³/mol. The number of amides is 2. The number of rotatable bonds is 3. The van der Waals surface area contributed by atoms with E-state index in [0.717, 1.165) is 38.7 Å². The molecule has 0 bridgehead atoms. The molecule has 2 atom stereocenters. The first kappa shape index (κ1) is 15.7. The molecule has 0 aromatic rings. The molecule has 3 aliphatic rings. The lowest BCUT2D eigenvalue weighted by Gasteiger charge is -2.28. The number of nitrogens with zero attached hydrogens (tertiary/aromatic N) is 2. The van der Waals surface area contributed by atoms with Crippen LogP contribution in [0.15, 0.2) is 0 Å². The highest BCUT2D eigenvalue weighted by atomic mass is 16.6. The third-order valence-corrected chi connectivity index (χ3v) is 5.20. The molecule has 3 fully saturated rings. The highest BCUT2D eigenvalue weighted by Crippen LogP contribution is 2.36. The van der Waals surface area contributed by atoms with Crippen molar-refractivity contribution in [1.29, 1.82) is 0 Å². The number of hydrogen-bond donors (Lipinski definition) is 0. The van der Waals surface area contributed by atoms with Gasteiger partial charge in [-0.25, -0.2) is 0 Å². The van der Waals surface area contributed by atoms with Crippen LogP contribution >= 0.6 is 0 Å². The summed E-state index contributed by atoms with van der Waals surface area (Å²) in [6.07, 6.45) is 5.48. The molecule has 2 amide bonds. The first-order valence-electron chi connectivity index (χ1n) is 8.37. The molecular formula is C16H26N2O4. The number of hydrogen-bond acceptors (Lipinski definition) is 4. The second-order valence-corrected chi connectivity index (χ2v) is 6.64. The van der Waals surface area contributed by atoms with Crippen LogP contribution in [-0.4, -0.2) is 73.2 Å². The topological polar surface area (TPSA) is 59.1 Å². The second-order valence-electron chi connectivity index (χ2n) is 6.64. The summed E-state index contributed by atoms with van der Waals surface area (Å²) in [7, 11) is 1.68. The van der Waals surface area contributed by atoms with Crippen LogP contribution in [0.2, 0.25) is 0 Å². The molecule has 6 nitrogen and oxygen atoms in total. The maximum Gasteiger partial charge on any atom is 0.242 e. The van der Waals surface area contributed by atoms with Crippen LogP contribution in [0.25, 0.3) is 0 Å². The van der Waals surface area contributed by atoms with Crippen LogP contribution in [0.5, 0.6) is 0 Å². The Labute approximate surface area is 131 Å². The summed E-state index contributed by atoms with van der Waals surface area (Å²) in [5.41, 5.74) is -0.326. The van der Waals surface area contributed by atoms with Gasteiger partial charge in [-0.2, -0.15) is 0 Å². The third kappa shape index (κ3) is 2.99. The summed E-state index contributed by atoms with van der Waals surface area (Å²) >= 11 is 0. The fourth-order valence-electron chi connectivity index (χ4n) is 3.90. The second kappa shape index (κ2) is 6.54. The van der Waals surface area contributed by atoms with E-state index >= 15 is 0 Å². The molecule has 1 spiro atoms. The molecule has 3 heterocycles. The summed E-state index contributed by atoms with van der Waals surface area (Å²) < 4.78 is 11.5. The number of carbonyl (C=O) groups excluding carboxylic acids is 2. The average molecular weight is 310 g/mol. The Balaban J connectivity index is 1.62. The van der Waals surface area contributed by atoms with Crippen molar-refractivity contribution in [2.45, 2.75) is 50.2 Å². The molecular weight excluding hydrogens is 284 g/mol. The zero-order chi connectivity index (χ0) is 15.6. The van der Waals surface area contributed by atoms with Gasteiger partial charge in [0, 0.05) is 33.2 Å². The molecule has 0 unspecified atom stereocenters. The lowest BCUT2D eigenvalue weighted by atomic mass is 9.97. The standard InChI is InChI=1S/C16H26N2O4/c1-21-13-10-18(12-16(13)7-5-9-22-16)15(20)11-17-8-4-2-3-6-14(17)19/h13H,2-12H2,1H3/t13-,16-/m0/s1. The molecule has 3 aliphatic heterocycles. The third-order valence-electron chi connectivity index (χ3n) is 5.20. The van der Waals surface area contributed by atoms with Gasteiger partial charge in [-0.3, -0.25) is 9.59 Å². The number of methoxy groups -OCH3 is 1. The number of likely N-dealkylation sites (tertiary alicyclic amines) is 2. The van der Waals surface area contributed by atoms with E-state index in [2.05, 4.69) is 0 Å². The van der Waals surface area contributed by atoms with Crippen molar-refractivity contribution in [2.24, 2.45) is 0 Å². The summed E-state index contributed by atoms with van der Waals surface area (Å²) in [5.74, 6) is 0.129. The minimum atomic E-state index is -0.326. The van der Waals surface area contributed by atoms with Crippen LogP contribution in [0.3, 0.4) is 0 Å². The predicted octanol–water partition coefficient (Wildman–Crippen LogP) is 0.795. The van der Waals surface area contributed by atoms with Gasteiger partial charge < -0.3 is 19.3 Å². The smallest absolute Gasteiger partial charge is 0.242 e. The summed E-state index contributed by atoms with van der Waals surface area (Å²) in [5, 5.41) is 0. The molecule has 22 heavy (non-hydrogen) atoms. The Kier molecular flexibility index (Phi) is 4.68. The van der Waals surface area contributed by atoms with E-state index in [1.165, 1.54) is 0 Å². The summed E-state index contributed by atoms with van der Waals surface area (Å²) in [6, 6.07) is 0. The minimum absolute atomic E-state index is 0.0182. The molecule has 6 heteroatoms. The minimum Gasteiger partial charge on any atom is -0.377 e. The largest absolute Gasteiger partial charge is 0.377 e. The van der Waals surface area contributed by atoms with Gasteiger partial charge in [-0.05, 0) is 25.7 Å². The van der Waals surface area contributed by atoms with Crippen LogP contribution in [-0.2, 0) is 19.1 Å². The van der Waals surface area contributed by atoms with Gasteiger partial charge in [0.05, 0.1) is 13.1 Å². The van der Waals surface area contributed by atoms with E-state index in [1.54, 1.807) is 12.0 Å². The maximum absolute atomic E-state index is 12.6. The van der Waals surface area contributed by atoms with Crippen LogP contribution in [0.4, 0.5) is 0 Å². The number of ether oxygens (including phenoxy) is 2. The molecule has 124 valence electrons. The normalized spacial score (nSPS) is 32.8.